The second kappa shape index (κ2) is 24.7. The van der Waals surface area contributed by atoms with Crippen LogP contribution in [0.25, 0.3) is 10.9 Å². The minimum atomic E-state index is -1.30. The first-order valence-corrected chi connectivity index (χ1v) is 22.7. The van der Waals surface area contributed by atoms with Crippen molar-refractivity contribution in [1.29, 1.82) is 0 Å². The van der Waals surface area contributed by atoms with Crippen molar-refractivity contribution in [2.45, 2.75) is 133 Å². The number of fused-ring (bicyclic) bond motifs is 1. The second-order valence-electron chi connectivity index (χ2n) is 17.1. The van der Waals surface area contributed by atoms with Crippen LogP contribution in [0.2, 0.25) is 0 Å². The first kappa shape index (κ1) is 49.0. The lowest BCUT2D eigenvalue weighted by Gasteiger charge is -2.32. The van der Waals surface area contributed by atoms with Crippen LogP contribution in [0.5, 0.6) is 0 Å². The van der Waals surface area contributed by atoms with Crippen LogP contribution < -0.4 is 44.2 Å². The largest absolute Gasteiger partial charge is 0.480 e. The summed E-state index contributed by atoms with van der Waals surface area (Å²) < 4.78 is 0. The molecule has 3 aromatic rings. The number of guanidine groups is 1. The lowest BCUT2D eigenvalue weighted by atomic mass is 9.84. The van der Waals surface area contributed by atoms with Gasteiger partial charge in [-0.2, -0.15) is 0 Å². The van der Waals surface area contributed by atoms with E-state index < -0.39 is 71.8 Å². The molecule has 2 heterocycles. The average Bonchev–Trinajstić information content (AvgIpc) is 3.95. The highest BCUT2D eigenvalue weighted by Crippen LogP contribution is 2.28. The number of benzene rings is 2. The molecule has 1 aliphatic carbocycles. The van der Waals surface area contributed by atoms with Crippen molar-refractivity contribution in [3.63, 3.8) is 0 Å². The molecule has 348 valence electrons. The summed E-state index contributed by atoms with van der Waals surface area (Å²) >= 11 is 0. The number of aliphatic imine (C=N–C) groups is 1. The van der Waals surface area contributed by atoms with Gasteiger partial charge in [0, 0.05) is 36.6 Å². The summed E-state index contributed by atoms with van der Waals surface area (Å²) in [7, 11) is 0. The number of aromatic nitrogens is 1. The maximum Gasteiger partial charge on any atom is 0.326 e. The van der Waals surface area contributed by atoms with Crippen LogP contribution in [0, 0.1) is 5.92 Å². The van der Waals surface area contributed by atoms with E-state index in [1.165, 1.54) is 4.90 Å². The highest BCUT2D eigenvalue weighted by molar-refractivity contribution is 5.97. The molecule has 18 heteroatoms. The Morgan fingerprint density at radius 2 is 1.42 bits per heavy atom. The molecular formula is C46H67N11O7. The zero-order valence-electron chi connectivity index (χ0n) is 36.6. The Bertz CT molecular complexity index is 2050. The number of H-pyrrole nitrogens is 1. The summed E-state index contributed by atoms with van der Waals surface area (Å²) in [5.74, 6) is -4.00. The topological polar surface area (TPSA) is 306 Å². The quantitative estimate of drug-likeness (QED) is 0.0349. The fourth-order valence-corrected chi connectivity index (χ4v) is 8.78. The Morgan fingerprint density at radius 3 is 2.14 bits per heavy atom. The first-order chi connectivity index (χ1) is 30.8. The van der Waals surface area contributed by atoms with Gasteiger partial charge in [-0.05, 0) is 87.4 Å². The molecule has 0 spiro atoms. The summed E-state index contributed by atoms with van der Waals surface area (Å²) in [6, 6.07) is 10.5. The van der Waals surface area contributed by atoms with Crippen LogP contribution in [-0.4, -0.2) is 112 Å². The van der Waals surface area contributed by atoms with Gasteiger partial charge in [-0.1, -0.05) is 80.6 Å². The van der Waals surface area contributed by atoms with Gasteiger partial charge in [0.2, 0.25) is 29.5 Å². The Morgan fingerprint density at radius 1 is 0.750 bits per heavy atom. The SMILES string of the molecule is NCCCC[C@H](NC(=O)[C@@H](N)Cc1ccccc1)C(=O)N1CCC[C@H]1C(=O)N[C@H](CC1CCCCC1)C(=O)N[C@@H](Cc1c[nH]c2ccccc12)C(=O)N[C@H](CCCN=C(N)N)C(=O)O. The van der Waals surface area contributed by atoms with E-state index in [-0.39, 0.29) is 50.7 Å². The lowest BCUT2D eigenvalue weighted by molar-refractivity contribution is -0.143. The molecule has 2 fully saturated rings. The van der Waals surface area contributed by atoms with Crippen molar-refractivity contribution in [2.75, 3.05) is 19.6 Å². The zero-order valence-corrected chi connectivity index (χ0v) is 36.6. The predicted octanol–water partition coefficient (Wildman–Crippen LogP) is 1.45. The molecule has 14 N–H and O–H groups in total. The molecule has 64 heavy (non-hydrogen) atoms. The van der Waals surface area contributed by atoms with Gasteiger partial charge in [-0.15, -0.1) is 0 Å². The molecule has 0 radical (unpaired) electrons. The molecule has 5 rings (SSSR count). The smallest absolute Gasteiger partial charge is 0.326 e. The molecule has 1 aliphatic heterocycles. The number of hydrogen-bond acceptors (Lipinski definition) is 9. The van der Waals surface area contributed by atoms with Gasteiger partial charge < -0.3 is 59.2 Å². The summed E-state index contributed by atoms with van der Waals surface area (Å²) in [6.45, 7) is 0.850. The second-order valence-corrected chi connectivity index (χ2v) is 17.1. The lowest BCUT2D eigenvalue weighted by Crippen LogP contribution is -2.59. The average molecular weight is 886 g/mol. The number of nitrogens with zero attached hydrogens (tertiary/aromatic N) is 2. The van der Waals surface area contributed by atoms with Crippen LogP contribution in [0.15, 0.2) is 65.8 Å². The fraction of sp³-hybridized carbons (Fsp3) is 0.543. The number of nitrogens with two attached hydrogens (primary N) is 4. The Balaban J connectivity index is 1.35. The maximum absolute atomic E-state index is 14.5. The number of amides is 5. The molecule has 1 saturated carbocycles. The molecule has 6 atom stereocenters. The third-order valence-corrected chi connectivity index (χ3v) is 12.3. The minimum Gasteiger partial charge on any atom is -0.480 e. The molecule has 0 bridgehead atoms. The standard InChI is InChI=1S/C46H67N11O7/c47-22-10-9-19-35(53-40(58)33(48)25-29-13-3-1-4-14-29)44(62)57-24-12-21-39(57)43(61)56-37(26-30-15-5-2-6-16-30)41(59)55-38(27-31-28-52-34-18-8-7-17-32(31)34)42(60)54-36(45(63)64)20-11-23-51-46(49)50/h1,3-4,7-8,13-14,17-18,28,30,33,35-39,52H,2,5-6,9-12,15-16,19-27,47-48H2,(H,53,58)(H,54,60)(H,55,59)(H,56,61)(H,63,64)(H4,49,50,51)/t33-,35-,36+,37+,38-,39-/m0/s1. The van der Waals surface area contributed by atoms with Crippen LogP contribution >= 0.6 is 0 Å². The number of likely N-dealkylation sites (tertiary alicyclic amines) is 1. The molecule has 2 aliphatic rings. The van der Waals surface area contributed by atoms with E-state index >= 15 is 0 Å². The van der Waals surface area contributed by atoms with Crippen molar-refractivity contribution < 1.29 is 33.9 Å². The van der Waals surface area contributed by atoms with Crippen molar-refractivity contribution in [1.82, 2.24) is 31.2 Å². The van der Waals surface area contributed by atoms with Crippen LogP contribution in [0.4, 0.5) is 0 Å². The van der Waals surface area contributed by atoms with Gasteiger partial charge in [0.1, 0.15) is 30.2 Å². The first-order valence-electron chi connectivity index (χ1n) is 22.7. The normalized spacial score (nSPS) is 17.7. The predicted molar refractivity (Wildman–Crippen MR) is 244 cm³/mol. The molecule has 2 aromatic carbocycles. The highest BCUT2D eigenvalue weighted by atomic mass is 16.4. The summed E-state index contributed by atoms with van der Waals surface area (Å²) in [4.78, 5) is 91.5. The third kappa shape index (κ3) is 14.5. The number of aromatic amines is 1. The zero-order chi connectivity index (χ0) is 46.0. The summed E-state index contributed by atoms with van der Waals surface area (Å²) in [5.41, 5.74) is 25.3. The Hall–Kier alpha value is -6.01. The van der Waals surface area contributed by atoms with Crippen molar-refractivity contribution in [3.8, 4) is 0 Å². The van der Waals surface area contributed by atoms with Gasteiger partial charge in [0.05, 0.1) is 6.04 Å². The van der Waals surface area contributed by atoms with E-state index in [9.17, 15) is 33.9 Å². The minimum absolute atomic E-state index is 0.0171. The van der Waals surface area contributed by atoms with Gasteiger partial charge >= 0.3 is 5.97 Å². The van der Waals surface area contributed by atoms with E-state index in [1.54, 1.807) is 6.20 Å². The molecule has 5 amide bonds. The molecule has 1 saturated heterocycles. The Kier molecular flexibility index (Phi) is 18.9. The number of carboxylic acids is 1. The molecule has 18 nitrogen and oxygen atoms in total. The van der Waals surface area contributed by atoms with Crippen molar-refractivity contribution in [3.05, 3.63) is 71.9 Å². The van der Waals surface area contributed by atoms with Crippen LogP contribution in [0.3, 0.4) is 0 Å². The van der Waals surface area contributed by atoms with Gasteiger partial charge in [0.15, 0.2) is 5.96 Å². The Labute approximate surface area is 374 Å². The molecular weight excluding hydrogens is 819 g/mol. The number of carboxylic acid groups (broad SMARTS) is 1. The number of para-hydroxylation sites is 1. The maximum atomic E-state index is 14.5. The van der Waals surface area contributed by atoms with E-state index in [4.69, 9.17) is 22.9 Å². The van der Waals surface area contributed by atoms with Gasteiger partial charge in [0.25, 0.3) is 0 Å². The van der Waals surface area contributed by atoms with E-state index in [0.29, 0.717) is 45.1 Å². The van der Waals surface area contributed by atoms with E-state index in [1.807, 2.05) is 54.6 Å². The van der Waals surface area contributed by atoms with Crippen LogP contribution in [0.1, 0.15) is 94.6 Å². The number of aliphatic carboxylic acids is 1. The van der Waals surface area contributed by atoms with Crippen molar-refractivity contribution >= 4 is 52.4 Å². The van der Waals surface area contributed by atoms with E-state index in [0.717, 1.165) is 54.1 Å². The number of unbranched alkanes of at least 4 members (excludes halogenated alkanes) is 1. The van der Waals surface area contributed by atoms with Gasteiger partial charge in [-0.3, -0.25) is 29.0 Å². The monoisotopic (exact) mass is 886 g/mol. The number of carbonyl (C=O) groups is 6. The summed E-state index contributed by atoms with van der Waals surface area (Å²) in [6.07, 6.45) is 9.79. The van der Waals surface area contributed by atoms with Gasteiger partial charge in [-0.25, -0.2) is 4.79 Å². The molecule has 1 aromatic heterocycles. The van der Waals surface area contributed by atoms with Crippen molar-refractivity contribution in [2.24, 2.45) is 33.8 Å². The number of nitrogens with one attached hydrogen (secondary N) is 5. The fourth-order valence-electron chi connectivity index (χ4n) is 8.78. The number of rotatable bonds is 24. The third-order valence-electron chi connectivity index (χ3n) is 12.3. The van der Waals surface area contributed by atoms with Crippen LogP contribution in [-0.2, 0) is 41.6 Å². The number of hydrogen-bond donors (Lipinski definition) is 10. The summed E-state index contributed by atoms with van der Waals surface area (Å²) in [5, 5.41) is 22.2. The molecule has 0 unspecified atom stereocenters. The number of carbonyl (C=O) groups excluding carboxylic acids is 5. The van der Waals surface area contributed by atoms with E-state index in [2.05, 4.69) is 31.2 Å². The highest BCUT2D eigenvalue weighted by Gasteiger charge is 2.40.